The average Bonchev–Trinajstić information content (AvgIpc) is 2.21. The van der Waals surface area contributed by atoms with Gasteiger partial charge in [0.2, 0.25) is 0 Å². The highest BCUT2D eigenvalue weighted by molar-refractivity contribution is 5.82. The summed E-state index contributed by atoms with van der Waals surface area (Å²) in [5, 5.41) is 11.4. The SMILES string of the molecule is COCCOc1ccccc1C=NO. The van der Waals surface area contributed by atoms with Gasteiger partial charge in [0, 0.05) is 12.7 Å². The summed E-state index contributed by atoms with van der Waals surface area (Å²) in [5.41, 5.74) is 0.742. The predicted octanol–water partition coefficient (Wildman–Crippen LogP) is 1.52. The molecule has 0 amide bonds. The minimum atomic E-state index is 0.479. The second kappa shape index (κ2) is 5.99. The Kier molecular flexibility index (Phi) is 4.50. The van der Waals surface area contributed by atoms with Gasteiger partial charge in [0.25, 0.3) is 0 Å². The molecule has 1 aromatic carbocycles. The molecule has 0 aliphatic heterocycles. The quantitative estimate of drug-likeness (QED) is 0.335. The second-order valence-corrected chi connectivity index (χ2v) is 2.62. The Bertz CT molecular complexity index is 299. The van der Waals surface area contributed by atoms with E-state index in [4.69, 9.17) is 14.7 Å². The first kappa shape index (κ1) is 10.5. The fourth-order valence-electron chi connectivity index (χ4n) is 1.02. The molecule has 0 unspecified atom stereocenters. The lowest BCUT2D eigenvalue weighted by Crippen LogP contribution is -2.05. The van der Waals surface area contributed by atoms with Crippen molar-refractivity contribution >= 4 is 6.21 Å². The summed E-state index contributed by atoms with van der Waals surface area (Å²) in [7, 11) is 1.62. The lowest BCUT2D eigenvalue weighted by Gasteiger charge is -2.07. The fraction of sp³-hybridized carbons (Fsp3) is 0.300. The van der Waals surface area contributed by atoms with Crippen LogP contribution in [0.1, 0.15) is 5.56 Å². The smallest absolute Gasteiger partial charge is 0.128 e. The van der Waals surface area contributed by atoms with Gasteiger partial charge in [-0.05, 0) is 12.1 Å². The van der Waals surface area contributed by atoms with E-state index in [0.717, 1.165) is 5.56 Å². The molecule has 0 atom stereocenters. The Balaban J connectivity index is 2.64. The molecule has 4 nitrogen and oxygen atoms in total. The molecule has 0 spiro atoms. The Morgan fingerprint density at radius 3 is 2.86 bits per heavy atom. The number of hydrogen-bond donors (Lipinski definition) is 1. The average molecular weight is 195 g/mol. The van der Waals surface area contributed by atoms with E-state index in [2.05, 4.69) is 5.16 Å². The van der Waals surface area contributed by atoms with Gasteiger partial charge < -0.3 is 14.7 Å². The van der Waals surface area contributed by atoms with Crippen LogP contribution in [0.5, 0.6) is 5.75 Å². The highest BCUT2D eigenvalue weighted by Gasteiger charge is 1.99. The Morgan fingerprint density at radius 2 is 2.14 bits per heavy atom. The molecule has 0 saturated heterocycles. The molecule has 0 aromatic heterocycles. The van der Waals surface area contributed by atoms with Crippen molar-refractivity contribution in [2.75, 3.05) is 20.3 Å². The molecule has 76 valence electrons. The maximum absolute atomic E-state index is 8.40. The van der Waals surface area contributed by atoms with Crippen LogP contribution in [0.4, 0.5) is 0 Å². The molecular weight excluding hydrogens is 182 g/mol. The predicted molar refractivity (Wildman–Crippen MR) is 53.2 cm³/mol. The van der Waals surface area contributed by atoms with Gasteiger partial charge in [-0.2, -0.15) is 0 Å². The van der Waals surface area contributed by atoms with Crippen molar-refractivity contribution in [3.63, 3.8) is 0 Å². The Labute approximate surface area is 82.8 Å². The van der Waals surface area contributed by atoms with Crippen molar-refractivity contribution in [1.29, 1.82) is 0 Å². The summed E-state index contributed by atoms with van der Waals surface area (Å²) >= 11 is 0. The van der Waals surface area contributed by atoms with Crippen LogP contribution < -0.4 is 4.74 Å². The first-order valence-electron chi connectivity index (χ1n) is 4.26. The van der Waals surface area contributed by atoms with E-state index in [0.29, 0.717) is 19.0 Å². The first-order valence-corrected chi connectivity index (χ1v) is 4.26. The van der Waals surface area contributed by atoms with E-state index in [1.54, 1.807) is 7.11 Å². The van der Waals surface area contributed by atoms with Crippen molar-refractivity contribution in [2.24, 2.45) is 5.16 Å². The van der Waals surface area contributed by atoms with E-state index in [-0.39, 0.29) is 0 Å². The summed E-state index contributed by atoms with van der Waals surface area (Å²) in [5.74, 6) is 0.683. The molecule has 0 heterocycles. The van der Waals surface area contributed by atoms with Gasteiger partial charge in [-0.3, -0.25) is 0 Å². The van der Waals surface area contributed by atoms with Gasteiger partial charge in [0.1, 0.15) is 12.4 Å². The van der Waals surface area contributed by atoms with Crippen molar-refractivity contribution in [1.82, 2.24) is 0 Å². The number of rotatable bonds is 5. The van der Waals surface area contributed by atoms with Crippen molar-refractivity contribution in [3.8, 4) is 5.75 Å². The number of oxime groups is 1. The van der Waals surface area contributed by atoms with E-state index in [1.807, 2.05) is 24.3 Å². The van der Waals surface area contributed by atoms with Crippen LogP contribution in [-0.2, 0) is 4.74 Å². The molecule has 0 aliphatic carbocycles. The monoisotopic (exact) mass is 195 g/mol. The standard InChI is InChI=1S/C10H13NO3/c1-13-6-7-14-10-5-3-2-4-9(10)8-11-12/h2-5,8,12H,6-7H2,1H3. The summed E-state index contributed by atoms with van der Waals surface area (Å²) in [6, 6.07) is 7.32. The molecule has 0 bridgehead atoms. The summed E-state index contributed by atoms with van der Waals surface area (Å²) in [6.07, 6.45) is 1.34. The topological polar surface area (TPSA) is 51.0 Å². The van der Waals surface area contributed by atoms with Crippen molar-refractivity contribution in [3.05, 3.63) is 29.8 Å². The Morgan fingerprint density at radius 1 is 1.36 bits per heavy atom. The van der Waals surface area contributed by atoms with E-state index in [1.165, 1.54) is 6.21 Å². The van der Waals surface area contributed by atoms with Gasteiger partial charge in [0.05, 0.1) is 12.8 Å². The second-order valence-electron chi connectivity index (χ2n) is 2.62. The number of para-hydroxylation sites is 1. The molecule has 0 radical (unpaired) electrons. The van der Waals surface area contributed by atoms with Crippen LogP contribution in [0.2, 0.25) is 0 Å². The third kappa shape index (κ3) is 3.06. The number of ether oxygens (including phenoxy) is 2. The lowest BCUT2D eigenvalue weighted by atomic mass is 10.2. The number of benzene rings is 1. The highest BCUT2D eigenvalue weighted by Crippen LogP contribution is 2.15. The molecule has 14 heavy (non-hydrogen) atoms. The largest absolute Gasteiger partial charge is 0.491 e. The zero-order valence-corrected chi connectivity index (χ0v) is 8.01. The maximum Gasteiger partial charge on any atom is 0.128 e. The summed E-state index contributed by atoms with van der Waals surface area (Å²) < 4.78 is 10.3. The third-order valence-corrected chi connectivity index (χ3v) is 1.66. The number of hydrogen-bond acceptors (Lipinski definition) is 4. The molecule has 1 N–H and O–H groups in total. The van der Waals surface area contributed by atoms with E-state index in [9.17, 15) is 0 Å². The van der Waals surface area contributed by atoms with Crippen LogP contribution in [-0.4, -0.2) is 31.7 Å². The molecular formula is C10H13NO3. The van der Waals surface area contributed by atoms with Gasteiger partial charge in [-0.25, -0.2) is 0 Å². The maximum atomic E-state index is 8.40. The Hall–Kier alpha value is -1.55. The minimum absolute atomic E-state index is 0.479. The van der Waals surface area contributed by atoms with Gasteiger partial charge in [-0.1, -0.05) is 17.3 Å². The molecule has 1 aromatic rings. The molecule has 0 aliphatic rings. The molecule has 4 heteroatoms. The normalized spacial score (nSPS) is 10.6. The highest BCUT2D eigenvalue weighted by atomic mass is 16.5. The molecule has 0 saturated carbocycles. The van der Waals surface area contributed by atoms with Crippen LogP contribution in [0.3, 0.4) is 0 Å². The first-order chi connectivity index (χ1) is 6.88. The lowest BCUT2D eigenvalue weighted by molar-refractivity contribution is 0.146. The molecule has 0 fully saturated rings. The van der Waals surface area contributed by atoms with Crippen molar-refractivity contribution in [2.45, 2.75) is 0 Å². The number of nitrogens with zero attached hydrogens (tertiary/aromatic N) is 1. The van der Waals surface area contributed by atoms with Gasteiger partial charge in [0.15, 0.2) is 0 Å². The van der Waals surface area contributed by atoms with Crippen LogP contribution in [0, 0.1) is 0 Å². The van der Waals surface area contributed by atoms with Gasteiger partial charge in [-0.15, -0.1) is 0 Å². The van der Waals surface area contributed by atoms with E-state index < -0.39 is 0 Å². The minimum Gasteiger partial charge on any atom is -0.491 e. The van der Waals surface area contributed by atoms with Crippen LogP contribution in [0.15, 0.2) is 29.4 Å². The third-order valence-electron chi connectivity index (χ3n) is 1.66. The fourth-order valence-corrected chi connectivity index (χ4v) is 1.02. The van der Waals surface area contributed by atoms with Crippen molar-refractivity contribution < 1.29 is 14.7 Å². The zero-order chi connectivity index (χ0) is 10.2. The number of methoxy groups -OCH3 is 1. The van der Waals surface area contributed by atoms with E-state index >= 15 is 0 Å². The molecule has 1 rings (SSSR count). The summed E-state index contributed by atoms with van der Waals surface area (Å²) in [4.78, 5) is 0. The van der Waals surface area contributed by atoms with Gasteiger partial charge >= 0.3 is 0 Å². The summed E-state index contributed by atoms with van der Waals surface area (Å²) in [6.45, 7) is 1.01. The van der Waals surface area contributed by atoms with Crippen LogP contribution in [0.25, 0.3) is 0 Å². The zero-order valence-electron chi connectivity index (χ0n) is 8.01. The van der Waals surface area contributed by atoms with Crippen LogP contribution >= 0.6 is 0 Å².